The summed E-state index contributed by atoms with van der Waals surface area (Å²) in [6, 6.07) is 8.50. The molecule has 1 atom stereocenters. The van der Waals surface area contributed by atoms with Crippen molar-refractivity contribution in [1.29, 1.82) is 0 Å². The Morgan fingerprint density at radius 3 is 2.81 bits per heavy atom. The van der Waals surface area contributed by atoms with Gasteiger partial charge in [0.2, 0.25) is 0 Å². The number of benzene rings is 1. The van der Waals surface area contributed by atoms with Crippen LogP contribution in [0.5, 0.6) is 0 Å². The SMILES string of the molecule is CC(C)[C@H]1c2cccn2-c2sc3c(c2CN1C(=O)Nc1ccc(Br)cc1F)CCCC3. The van der Waals surface area contributed by atoms with Gasteiger partial charge in [-0.25, -0.2) is 9.18 Å². The Bertz CT molecular complexity index is 1150. The van der Waals surface area contributed by atoms with E-state index in [9.17, 15) is 9.18 Å². The molecule has 2 aromatic heterocycles. The van der Waals surface area contributed by atoms with Crippen molar-refractivity contribution >= 4 is 39.0 Å². The van der Waals surface area contributed by atoms with E-state index in [0.717, 1.165) is 18.5 Å². The van der Waals surface area contributed by atoms with Crippen LogP contribution in [0.15, 0.2) is 41.0 Å². The van der Waals surface area contributed by atoms with Gasteiger partial charge in [-0.15, -0.1) is 11.3 Å². The second kappa shape index (κ2) is 8.10. The van der Waals surface area contributed by atoms with Crippen molar-refractivity contribution in [3.8, 4) is 5.00 Å². The third kappa shape index (κ3) is 3.61. The van der Waals surface area contributed by atoms with Crippen LogP contribution >= 0.6 is 27.3 Å². The number of urea groups is 1. The van der Waals surface area contributed by atoms with E-state index in [1.54, 1.807) is 12.1 Å². The maximum absolute atomic E-state index is 14.5. The fraction of sp³-hybridized carbons (Fsp3) is 0.375. The van der Waals surface area contributed by atoms with Crippen LogP contribution in [0.25, 0.3) is 5.00 Å². The number of carbonyl (C=O) groups excluding carboxylic acids is 1. The summed E-state index contributed by atoms with van der Waals surface area (Å²) in [7, 11) is 0. The van der Waals surface area contributed by atoms with Crippen molar-refractivity contribution in [3.63, 3.8) is 0 Å². The number of amides is 2. The van der Waals surface area contributed by atoms with Crippen LogP contribution in [0.3, 0.4) is 0 Å². The van der Waals surface area contributed by atoms with Crippen molar-refractivity contribution in [1.82, 2.24) is 9.47 Å². The molecule has 1 aliphatic heterocycles. The molecule has 0 unspecified atom stereocenters. The minimum Gasteiger partial charge on any atom is -0.311 e. The Hall–Kier alpha value is -2.12. The Morgan fingerprint density at radius 2 is 2.03 bits per heavy atom. The maximum Gasteiger partial charge on any atom is 0.322 e. The minimum atomic E-state index is -0.448. The lowest BCUT2D eigenvalue weighted by molar-refractivity contribution is 0.161. The molecule has 7 heteroatoms. The minimum absolute atomic E-state index is 0.104. The van der Waals surface area contributed by atoms with E-state index >= 15 is 0 Å². The zero-order chi connectivity index (χ0) is 21.7. The molecule has 31 heavy (non-hydrogen) atoms. The zero-order valence-electron chi connectivity index (χ0n) is 17.6. The Morgan fingerprint density at radius 1 is 1.23 bits per heavy atom. The number of carbonyl (C=O) groups is 1. The molecule has 0 saturated carbocycles. The quantitative estimate of drug-likeness (QED) is 0.400. The number of hydrogen-bond donors (Lipinski definition) is 1. The average Bonchev–Trinajstić information content (AvgIpc) is 3.31. The van der Waals surface area contributed by atoms with Crippen molar-refractivity contribution < 1.29 is 9.18 Å². The van der Waals surface area contributed by atoms with Crippen LogP contribution in [0.4, 0.5) is 14.9 Å². The number of rotatable bonds is 2. The molecule has 0 fully saturated rings. The second-order valence-electron chi connectivity index (χ2n) is 8.67. The van der Waals surface area contributed by atoms with E-state index in [1.807, 2.05) is 16.2 Å². The third-order valence-corrected chi connectivity index (χ3v) is 8.12. The molecule has 2 amide bonds. The fourth-order valence-electron chi connectivity index (χ4n) is 4.90. The molecular weight excluding hydrogens is 477 g/mol. The highest BCUT2D eigenvalue weighted by Crippen LogP contribution is 2.44. The second-order valence-corrected chi connectivity index (χ2v) is 10.7. The smallest absolute Gasteiger partial charge is 0.311 e. The van der Waals surface area contributed by atoms with Crippen LogP contribution in [0.1, 0.15) is 54.4 Å². The standard InChI is InChI=1S/C24H25BrFN3OS/c1-14(2)22-20-7-5-11-28(20)23-17(16-6-3-4-8-21(16)31-23)13-29(22)24(30)27-19-10-9-15(25)12-18(19)26/h5,7,9-12,14,22H,3-4,6,8,13H2,1-2H3,(H,27,30)/t22-/m0/s1. The molecule has 2 aliphatic rings. The monoisotopic (exact) mass is 501 g/mol. The first-order chi connectivity index (χ1) is 14.9. The molecular formula is C24H25BrFN3OS. The van der Waals surface area contributed by atoms with Gasteiger partial charge in [0.1, 0.15) is 10.8 Å². The highest BCUT2D eigenvalue weighted by Gasteiger charge is 2.36. The maximum atomic E-state index is 14.5. The molecule has 4 nitrogen and oxygen atoms in total. The van der Waals surface area contributed by atoms with Gasteiger partial charge >= 0.3 is 6.03 Å². The fourth-order valence-corrected chi connectivity index (χ4v) is 6.64. The molecule has 0 bridgehead atoms. The van der Waals surface area contributed by atoms with Gasteiger partial charge in [0.15, 0.2) is 0 Å². The van der Waals surface area contributed by atoms with E-state index in [4.69, 9.17) is 0 Å². The first-order valence-corrected chi connectivity index (χ1v) is 12.4. The highest BCUT2D eigenvalue weighted by molar-refractivity contribution is 9.10. The molecule has 3 aromatic rings. The summed E-state index contributed by atoms with van der Waals surface area (Å²) in [6.45, 7) is 4.81. The molecule has 0 radical (unpaired) electrons. The summed E-state index contributed by atoms with van der Waals surface area (Å²) in [5.41, 5.74) is 3.98. The van der Waals surface area contributed by atoms with Crippen LogP contribution in [-0.4, -0.2) is 15.5 Å². The van der Waals surface area contributed by atoms with Gasteiger partial charge in [-0.1, -0.05) is 29.8 Å². The van der Waals surface area contributed by atoms with Gasteiger partial charge in [0.05, 0.1) is 18.3 Å². The number of anilines is 1. The van der Waals surface area contributed by atoms with Crippen molar-refractivity contribution in [2.24, 2.45) is 5.92 Å². The number of fused-ring (bicyclic) bond motifs is 5. The molecule has 1 aromatic carbocycles. The van der Waals surface area contributed by atoms with Crippen LogP contribution < -0.4 is 5.32 Å². The molecule has 1 aliphatic carbocycles. The van der Waals surface area contributed by atoms with E-state index in [2.05, 4.69) is 58.0 Å². The predicted molar refractivity (Wildman–Crippen MR) is 127 cm³/mol. The summed E-state index contributed by atoms with van der Waals surface area (Å²) in [6.07, 6.45) is 6.72. The average molecular weight is 502 g/mol. The van der Waals surface area contributed by atoms with Gasteiger partial charge < -0.3 is 14.8 Å². The third-order valence-electron chi connectivity index (χ3n) is 6.29. The Labute approximate surface area is 194 Å². The topological polar surface area (TPSA) is 37.3 Å². The van der Waals surface area contributed by atoms with Crippen molar-refractivity contribution in [2.75, 3.05) is 5.32 Å². The lowest BCUT2D eigenvalue weighted by atomic mass is 9.94. The summed E-state index contributed by atoms with van der Waals surface area (Å²) in [5.74, 6) is -0.241. The van der Waals surface area contributed by atoms with E-state index in [1.165, 1.54) is 39.9 Å². The number of halogens is 2. The number of hydrogen-bond acceptors (Lipinski definition) is 2. The number of nitrogens with one attached hydrogen (secondary N) is 1. The molecule has 0 saturated heterocycles. The van der Waals surface area contributed by atoms with Gasteiger partial charge in [0.25, 0.3) is 0 Å². The normalized spacial score (nSPS) is 17.7. The molecule has 162 valence electrons. The first kappa shape index (κ1) is 20.8. The number of aromatic nitrogens is 1. The summed E-state index contributed by atoms with van der Waals surface area (Å²) in [4.78, 5) is 16.9. The zero-order valence-corrected chi connectivity index (χ0v) is 20.0. The van der Waals surface area contributed by atoms with Gasteiger partial charge in [-0.3, -0.25) is 0 Å². The van der Waals surface area contributed by atoms with Gasteiger partial charge in [0, 0.05) is 26.8 Å². The lowest BCUT2D eigenvalue weighted by Crippen LogP contribution is -2.39. The lowest BCUT2D eigenvalue weighted by Gasteiger charge is -2.33. The highest BCUT2D eigenvalue weighted by atomic mass is 79.9. The van der Waals surface area contributed by atoms with E-state index in [-0.39, 0.29) is 23.7 Å². The summed E-state index contributed by atoms with van der Waals surface area (Å²) >= 11 is 5.15. The predicted octanol–water partition coefficient (Wildman–Crippen LogP) is 7.06. The van der Waals surface area contributed by atoms with E-state index < -0.39 is 5.82 Å². The van der Waals surface area contributed by atoms with Gasteiger partial charge in [-0.05, 0) is 67.5 Å². The number of thiophene rings is 1. The number of aryl methyl sites for hydroxylation is 1. The Balaban J connectivity index is 1.59. The molecule has 0 spiro atoms. The Kier molecular flexibility index (Phi) is 5.42. The molecule has 5 rings (SSSR count). The first-order valence-electron chi connectivity index (χ1n) is 10.8. The van der Waals surface area contributed by atoms with Crippen molar-refractivity contribution in [2.45, 2.75) is 52.1 Å². The number of nitrogens with zero attached hydrogens (tertiary/aromatic N) is 2. The summed E-state index contributed by atoms with van der Waals surface area (Å²) in [5, 5.41) is 4.07. The largest absolute Gasteiger partial charge is 0.322 e. The molecule has 3 heterocycles. The van der Waals surface area contributed by atoms with Crippen molar-refractivity contribution in [3.05, 3.63) is 68.5 Å². The summed E-state index contributed by atoms with van der Waals surface area (Å²) < 4.78 is 17.4. The van der Waals surface area contributed by atoms with E-state index in [0.29, 0.717) is 11.0 Å². The van der Waals surface area contributed by atoms with Crippen LogP contribution in [0, 0.1) is 11.7 Å². The molecule has 1 N–H and O–H groups in total. The van der Waals surface area contributed by atoms with Gasteiger partial charge in [-0.2, -0.15) is 0 Å². The van der Waals surface area contributed by atoms with Crippen LogP contribution in [0.2, 0.25) is 0 Å². The van der Waals surface area contributed by atoms with Crippen LogP contribution in [-0.2, 0) is 19.4 Å².